The van der Waals surface area contributed by atoms with Gasteiger partial charge in [0.2, 0.25) is 0 Å². The van der Waals surface area contributed by atoms with Crippen LogP contribution in [0.25, 0.3) is 0 Å². The molecule has 1 unspecified atom stereocenters. The van der Waals surface area contributed by atoms with Crippen molar-refractivity contribution in [1.82, 2.24) is 5.32 Å². The number of rotatable bonds is 2. The molecular formula is C18H28N2. The molecule has 0 amide bonds. The first kappa shape index (κ1) is 13.9. The van der Waals surface area contributed by atoms with E-state index >= 15 is 0 Å². The molecule has 2 heteroatoms. The maximum absolute atomic E-state index is 3.86. The highest BCUT2D eigenvalue weighted by atomic mass is 15.3. The molecule has 0 aromatic heterocycles. The zero-order chi connectivity index (χ0) is 14.0. The predicted octanol–water partition coefficient (Wildman–Crippen LogP) is 3.75. The summed E-state index contributed by atoms with van der Waals surface area (Å²) in [5.41, 5.74) is 3.22. The zero-order valence-electron chi connectivity index (χ0n) is 13.0. The van der Waals surface area contributed by atoms with Crippen molar-refractivity contribution in [3.05, 3.63) is 29.8 Å². The highest BCUT2D eigenvalue weighted by Gasteiger charge is 2.38. The third kappa shape index (κ3) is 2.71. The number of anilines is 1. The van der Waals surface area contributed by atoms with E-state index in [1.807, 2.05) is 0 Å². The lowest BCUT2D eigenvalue weighted by Gasteiger charge is -2.50. The highest BCUT2D eigenvalue weighted by Crippen LogP contribution is 2.33. The van der Waals surface area contributed by atoms with Crippen molar-refractivity contribution >= 4 is 5.69 Å². The van der Waals surface area contributed by atoms with Gasteiger partial charge in [-0.15, -0.1) is 0 Å². The molecule has 1 saturated heterocycles. The fourth-order valence-electron chi connectivity index (χ4n) is 3.84. The number of piperazine rings is 1. The molecule has 0 bridgehead atoms. The third-order valence-corrected chi connectivity index (χ3v) is 5.26. The number of benzene rings is 1. The minimum atomic E-state index is 0.383. The molecule has 3 rings (SSSR count). The second-order valence-corrected chi connectivity index (χ2v) is 6.72. The van der Waals surface area contributed by atoms with Gasteiger partial charge in [-0.1, -0.05) is 38.3 Å². The molecule has 20 heavy (non-hydrogen) atoms. The van der Waals surface area contributed by atoms with E-state index in [0.717, 1.165) is 13.0 Å². The lowest BCUT2D eigenvalue weighted by Crippen LogP contribution is -2.64. The fourth-order valence-corrected chi connectivity index (χ4v) is 3.84. The Morgan fingerprint density at radius 2 is 1.85 bits per heavy atom. The largest absolute Gasteiger partial charge is 0.366 e. The minimum Gasteiger partial charge on any atom is -0.366 e. The molecule has 1 aliphatic heterocycles. The summed E-state index contributed by atoms with van der Waals surface area (Å²) < 4.78 is 0. The Labute approximate surface area is 123 Å². The molecule has 1 aromatic rings. The Morgan fingerprint density at radius 1 is 1.15 bits per heavy atom. The van der Waals surface area contributed by atoms with Crippen LogP contribution >= 0.6 is 0 Å². The first-order valence-electron chi connectivity index (χ1n) is 8.33. The summed E-state index contributed by atoms with van der Waals surface area (Å²) in [7, 11) is 0. The summed E-state index contributed by atoms with van der Waals surface area (Å²) in [6.45, 7) is 6.87. The number of aryl methyl sites for hydroxylation is 1. The molecule has 2 nitrogen and oxygen atoms in total. The van der Waals surface area contributed by atoms with E-state index in [0.29, 0.717) is 11.6 Å². The van der Waals surface area contributed by atoms with Crippen molar-refractivity contribution in [2.24, 2.45) is 0 Å². The molecule has 1 heterocycles. The quantitative estimate of drug-likeness (QED) is 0.882. The lowest BCUT2D eigenvalue weighted by molar-refractivity contribution is 0.200. The molecule has 2 aliphatic rings. The molecule has 1 aliphatic carbocycles. The average Bonchev–Trinajstić information content (AvgIpc) is 2.51. The van der Waals surface area contributed by atoms with Gasteiger partial charge in [0.25, 0.3) is 0 Å². The highest BCUT2D eigenvalue weighted by molar-refractivity contribution is 5.50. The van der Waals surface area contributed by atoms with Gasteiger partial charge in [0.15, 0.2) is 0 Å². The van der Waals surface area contributed by atoms with Crippen LogP contribution in [-0.2, 0) is 6.42 Å². The number of hydrogen-bond acceptors (Lipinski definition) is 2. The standard InChI is InChI=1S/C18H28N2/c1-3-16-7-9-17(10-8-16)20-14-18(19-13-15(20)2)11-5-4-6-12-18/h7-10,15,19H,3-6,11-14H2,1-2H3. The lowest BCUT2D eigenvalue weighted by atomic mass is 9.79. The first-order valence-corrected chi connectivity index (χ1v) is 8.33. The molecule has 1 saturated carbocycles. The third-order valence-electron chi connectivity index (χ3n) is 5.26. The second kappa shape index (κ2) is 5.77. The van der Waals surface area contributed by atoms with Crippen molar-refractivity contribution in [3.63, 3.8) is 0 Å². The minimum absolute atomic E-state index is 0.383. The second-order valence-electron chi connectivity index (χ2n) is 6.72. The van der Waals surface area contributed by atoms with Crippen molar-refractivity contribution < 1.29 is 0 Å². The van der Waals surface area contributed by atoms with E-state index in [4.69, 9.17) is 0 Å². The van der Waals surface area contributed by atoms with E-state index in [-0.39, 0.29) is 0 Å². The number of hydrogen-bond donors (Lipinski definition) is 1. The fraction of sp³-hybridized carbons (Fsp3) is 0.667. The summed E-state index contributed by atoms with van der Waals surface area (Å²) in [6.07, 6.45) is 8.03. The molecule has 1 aromatic carbocycles. The summed E-state index contributed by atoms with van der Waals surface area (Å²) in [5, 5.41) is 3.86. The van der Waals surface area contributed by atoms with Gasteiger partial charge in [-0.2, -0.15) is 0 Å². The zero-order valence-corrected chi connectivity index (χ0v) is 13.0. The van der Waals surface area contributed by atoms with Crippen LogP contribution in [0.15, 0.2) is 24.3 Å². The molecule has 2 fully saturated rings. The summed E-state index contributed by atoms with van der Waals surface area (Å²) in [5.74, 6) is 0. The van der Waals surface area contributed by atoms with Crippen LogP contribution < -0.4 is 10.2 Å². The Kier molecular flexibility index (Phi) is 4.02. The van der Waals surface area contributed by atoms with Crippen molar-refractivity contribution in [1.29, 1.82) is 0 Å². The molecular weight excluding hydrogens is 244 g/mol. The van der Waals surface area contributed by atoms with Gasteiger partial charge < -0.3 is 10.2 Å². The van der Waals surface area contributed by atoms with E-state index in [1.54, 1.807) is 0 Å². The van der Waals surface area contributed by atoms with Crippen LogP contribution in [-0.4, -0.2) is 24.7 Å². The van der Waals surface area contributed by atoms with Crippen molar-refractivity contribution in [3.8, 4) is 0 Å². The maximum atomic E-state index is 3.86. The Morgan fingerprint density at radius 3 is 2.50 bits per heavy atom. The summed E-state index contributed by atoms with van der Waals surface area (Å²) in [4.78, 5) is 2.63. The van der Waals surface area contributed by atoms with E-state index in [2.05, 4.69) is 48.3 Å². The first-order chi connectivity index (χ1) is 9.72. The van der Waals surface area contributed by atoms with Crippen LogP contribution in [0.4, 0.5) is 5.69 Å². The van der Waals surface area contributed by atoms with Gasteiger partial charge in [0.1, 0.15) is 0 Å². The topological polar surface area (TPSA) is 15.3 Å². The number of nitrogens with zero attached hydrogens (tertiary/aromatic N) is 1. The van der Waals surface area contributed by atoms with E-state index in [9.17, 15) is 0 Å². The van der Waals surface area contributed by atoms with Crippen LogP contribution in [0.5, 0.6) is 0 Å². The van der Waals surface area contributed by atoms with Gasteiger partial charge in [-0.05, 0) is 43.9 Å². The maximum Gasteiger partial charge on any atom is 0.0387 e. The van der Waals surface area contributed by atoms with Gasteiger partial charge in [0, 0.05) is 30.4 Å². The van der Waals surface area contributed by atoms with Crippen molar-refractivity contribution in [2.75, 3.05) is 18.0 Å². The average molecular weight is 272 g/mol. The van der Waals surface area contributed by atoms with E-state index in [1.165, 1.54) is 49.9 Å². The summed E-state index contributed by atoms with van der Waals surface area (Å²) >= 11 is 0. The van der Waals surface area contributed by atoms with Crippen LogP contribution in [0.1, 0.15) is 51.5 Å². The molecule has 1 N–H and O–H groups in total. The molecule has 1 spiro atoms. The SMILES string of the molecule is CCc1ccc(N2CC3(CCCCC3)NCC2C)cc1. The van der Waals surface area contributed by atoms with Gasteiger partial charge >= 0.3 is 0 Å². The van der Waals surface area contributed by atoms with Gasteiger partial charge in [-0.3, -0.25) is 0 Å². The number of nitrogens with one attached hydrogen (secondary N) is 1. The normalized spacial score (nSPS) is 25.9. The summed E-state index contributed by atoms with van der Waals surface area (Å²) in [6, 6.07) is 9.80. The van der Waals surface area contributed by atoms with Crippen LogP contribution in [0.2, 0.25) is 0 Å². The molecule has 0 radical (unpaired) electrons. The van der Waals surface area contributed by atoms with Gasteiger partial charge in [0.05, 0.1) is 0 Å². The molecule has 110 valence electrons. The Balaban J connectivity index is 1.78. The Bertz CT molecular complexity index is 431. The Hall–Kier alpha value is -1.02. The van der Waals surface area contributed by atoms with E-state index < -0.39 is 0 Å². The van der Waals surface area contributed by atoms with Gasteiger partial charge in [-0.25, -0.2) is 0 Å². The van der Waals surface area contributed by atoms with Crippen molar-refractivity contribution in [2.45, 2.75) is 64.0 Å². The molecule has 1 atom stereocenters. The van der Waals surface area contributed by atoms with Crippen LogP contribution in [0, 0.1) is 0 Å². The monoisotopic (exact) mass is 272 g/mol. The smallest absolute Gasteiger partial charge is 0.0387 e. The van der Waals surface area contributed by atoms with Crippen LogP contribution in [0.3, 0.4) is 0 Å². The predicted molar refractivity (Wildman–Crippen MR) is 86.4 cm³/mol.